The van der Waals surface area contributed by atoms with Gasteiger partial charge in [-0.05, 0) is 48.5 Å². The number of ether oxygens (including phenoxy) is 2. The first-order valence-corrected chi connectivity index (χ1v) is 10.8. The van der Waals surface area contributed by atoms with Crippen LogP contribution in [0.5, 0.6) is 0 Å². The van der Waals surface area contributed by atoms with E-state index in [-0.39, 0.29) is 32.2 Å². The molecule has 0 saturated carbocycles. The van der Waals surface area contributed by atoms with Crippen LogP contribution < -0.4 is 5.32 Å². The van der Waals surface area contributed by atoms with Gasteiger partial charge in [-0.15, -0.1) is 0 Å². The molecule has 0 spiro atoms. The van der Waals surface area contributed by atoms with Gasteiger partial charge in [0.1, 0.15) is 11.2 Å². The molecule has 1 saturated heterocycles. The Labute approximate surface area is 185 Å². The predicted octanol–water partition coefficient (Wildman–Crippen LogP) is 1.84. The van der Waals surface area contributed by atoms with Crippen molar-refractivity contribution in [2.45, 2.75) is 65.7 Å². The van der Waals surface area contributed by atoms with E-state index in [9.17, 15) is 19.5 Å². The Kier molecular flexibility index (Phi) is 10.0. The summed E-state index contributed by atoms with van der Waals surface area (Å²) in [5.74, 6) is -0.918. The second-order valence-corrected chi connectivity index (χ2v) is 9.86. The Bertz CT molecular complexity index is 614. The topological polar surface area (TPSA) is 112 Å². The lowest BCUT2D eigenvalue weighted by atomic mass is 10.2. The summed E-state index contributed by atoms with van der Waals surface area (Å²) in [5, 5.41) is 12.5. The lowest BCUT2D eigenvalue weighted by Crippen LogP contribution is -2.52. The van der Waals surface area contributed by atoms with Crippen molar-refractivity contribution in [2.75, 3.05) is 52.4 Å². The number of carboxylic acid groups (broad SMARTS) is 1. The molecule has 2 N–H and O–H groups in total. The number of hydrogen-bond donors (Lipinski definition) is 2. The summed E-state index contributed by atoms with van der Waals surface area (Å²) >= 11 is 0. The molecule has 0 aromatic heterocycles. The van der Waals surface area contributed by atoms with E-state index in [1.165, 1.54) is 4.90 Å². The van der Waals surface area contributed by atoms with Crippen LogP contribution in [0.4, 0.5) is 9.59 Å². The number of carbonyl (C=O) groups is 3. The third kappa shape index (κ3) is 11.2. The fraction of sp³-hybridized carbons (Fsp3) is 0.857. The van der Waals surface area contributed by atoms with E-state index >= 15 is 0 Å². The highest BCUT2D eigenvalue weighted by Gasteiger charge is 2.29. The van der Waals surface area contributed by atoms with Gasteiger partial charge >= 0.3 is 18.2 Å². The fourth-order valence-corrected chi connectivity index (χ4v) is 3.07. The van der Waals surface area contributed by atoms with Crippen LogP contribution in [0.2, 0.25) is 0 Å². The van der Waals surface area contributed by atoms with Crippen molar-refractivity contribution >= 4 is 18.2 Å². The molecule has 0 radical (unpaired) electrons. The molecule has 1 atom stereocenters. The molecule has 1 rings (SSSR count). The molecule has 0 aliphatic carbocycles. The number of nitrogens with zero attached hydrogens (tertiary/aromatic N) is 3. The first-order valence-electron chi connectivity index (χ1n) is 10.8. The molecule has 2 amide bonds. The molecule has 1 aliphatic rings. The molecular formula is C21H40N4O6. The number of rotatable bonds is 2. The first-order chi connectivity index (χ1) is 14.2. The van der Waals surface area contributed by atoms with Crippen molar-refractivity contribution in [2.24, 2.45) is 0 Å². The highest BCUT2D eigenvalue weighted by atomic mass is 16.6. The number of carbonyl (C=O) groups excluding carboxylic acids is 2. The molecule has 1 heterocycles. The van der Waals surface area contributed by atoms with Crippen LogP contribution in [0.1, 0.15) is 48.5 Å². The third-order valence-electron chi connectivity index (χ3n) is 4.52. The zero-order valence-corrected chi connectivity index (χ0v) is 20.1. The van der Waals surface area contributed by atoms with Crippen molar-refractivity contribution in [3.8, 4) is 0 Å². The smallest absolute Gasteiger partial charge is 0.410 e. The zero-order valence-electron chi connectivity index (χ0n) is 20.1. The van der Waals surface area contributed by atoms with Gasteiger partial charge in [-0.1, -0.05) is 0 Å². The van der Waals surface area contributed by atoms with Crippen molar-refractivity contribution in [3.05, 3.63) is 0 Å². The number of aliphatic carboxylic acids is 1. The molecule has 10 heteroatoms. The van der Waals surface area contributed by atoms with Crippen LogP contribution in [0.25, 0.3) is 0 Å². The van der Waals surface area contributed by atoms with Gasteiger partial charge in [0.05, 0.1) is 6.54 Å². The molecule has 1 aliphatic heterocycles. The molecule has 0 bridgehead atoms. The molecule has 1 unspecified atom stereocenters. The number of carboxylic acids is 1. The minimum Gasteiger partial charge on any atom is -0.480 e. The minimum atomic E-state index is -0.918. The second-order valence-electron chi connectivity index (χ2n) is 9.86. The highest BCUT2D eigenvalue weighted by Crippen LogP contribution is 2.14. The van der Waals surface area contributed by atoms with Gasteiger partial charge in [-0.2, -0.15) is 0 Å². The van der Waals surface area contributed by atoms with Crippen molar-refractivity contribution in [3.63, 3.8) is 0 Å². The Balaban J connectivity index is 3.04. The van der Waals surface area contributed by atoms with Gasteiger partial charge in [-0.3, -0.25) is 9.69 Å². The fourth-order valence-electron chi connectivity index (χ4n) is 3.07. The van der Waals surface area contributed by atoms with E-state index in [4.69, 9.17) is 9.47 Å². The summed E-state index contributed by atoms with van der Waals surface area (Å²) in [5.41, 5.74) is -1.29. The highest BCUT2D eigenvalue weighted by molar-refractivity contribution is 5.70. The molecule has 10 nitrogen and oxygen atoms in total. The standard InChI is InChI=1S/C21H40N4O6/c1-16-14-25(19(29)31-21(5,6)7)13-12-23(18(28)30-20(2,3)4)10-8-22-9-11-24(16)15-17(26)27/h16,22H,8-15H2,1-7H3,(H,26,27). The monoisotopic (exact) mass is 444 g/mol. The van der Waals surface area contributed by atoms with Gasteiger partial charge in [0.2, 0.25) is 0 Å². The summed E-state index contributed by atoms with van der Waals surface area (Å²) in [6.45, 7) is 15.4. The second kappa shape index (κ2) is 11.5. The zero-order chi connectivity index (χ0) is 23.8. The molecule has 31 heavy (non-hydrogen) atoms. The average molecular weight is 445 g/mol. The van der Waals surface area contributed by atoms with E-state index in [2.05, 4.69) is 5.32 Å². The lowest BCUT2D eigenvalue weighted by Gasteiger charge is -2.36. The molecule has 0 aromatic carbocycles. The Morgan fingerprint density at radius 3 is 1.87 bits per heavy atom. The normalized spacial score (nSPS) is 20.4. The molecule has 1 fully saturated rings. The van der Waals surface area contributed by atoms with Crippen molar-refractivity contribution < 1.29 is 29.0 Å². The van der Waals surface area contributed by atoms with E-state index in [1.807, 2.05) is 32.6 Å². The van der Waals surface area contributed by atoms with E-state index in [0.29, 0.717) is 26.2 Å². The van der Waals surface area contributed by atoms with Gasteiger partial charge in [0.15, 0.2) is 0 Å². The molecule has 180 valence electrons. The maximum atomic E-state index is 12.8. The molecular weight excluding hydrogens is 404 g/mol. The van der Waals surface area contributed by atoms with Gasteiger partial charge in [0.25, 0.3) is 0 Å². The summed E-state index contributed by atoms with van der Waals surface area (Å²) in [7, 11) is 0. The summed E-state index contributed by atoms with van der Waals surface area (Å²) in [4.78, 5) is 41.7. The average Bonchev–Trinajstić information content (AvgIpc) is 2.56. The van der Waals surface area contributed by atoms with Gasteiger partial charge in [-0.25, -0.2) is 9.59 Å². The number of amides is 2. The van der Waals surface area contributed by atoms with Crippen LogP contribution in [0.3, 0.4) is 0 Å². The SMILES string of the molecule is CC1CN(C(=O)OC(C)(C)C)CCN(C(=O)OC(C)(C)C)CCNCCN1CC(=O)O. The van der Waals surface area contributed by atoms with E-state index in [1.54, 1.807) is 25.7 Å². The van der Waals surface area contributed by atoms with Crippen LogP contribution in [0.15, 0.2) is 0 Å². The van der Waals surface area contributed by atoms with Gasteiger partial charge in [0, 0.05) is 51.9 Å². The van der Waals surface area contributed by atoms with Crippen LogP contribution in [0, 0.1) is 0 Å². The number of hydrogen-bond acceptors (Lipinski definition) is 7. The predicted molar refractivity (Wildman–Crippen MR) is 117 cm³/mol. The van der Waals surface area contributed by atoms with E-state index in [0.717, 1.165) is 0 Å². The third-order valence-corrected chi connectivity index (χ3v) is 4.52. The lowest BCUT2D eigenvalue weighted by molar-refractivity contribution is -0.138. The Hall–Kier alpha value is -2.07. The minimum absolute atomic E-state index is 0.116. The van der Waals surface area contributed by atoms with Crippen molar-refractivity contribution in [1.29, 1.82) is 0 Å². The quantitative estimate of drug-likeness (QED) is 0.664. The van der Waals surface area contributed by atoms with Crippen LogP contribution >= 0.6 is 0 Å². The van der Waals surface area contributed by atoms with Crippen LogP contribution in [-0.2, 0) is 14.3 Å². The maximum absolute atomic E-state index is 12.8. The van der Waals surface area contributed by atoms with E-state index < -0.39 is 29.4 Å². The summed E-state index contributed by atoms with van der Waals surface area (Å²) in [6.07, 6.45) is -0.926. The van der Waals surface area contributed by atoms with Gasteiger partial charge < -0.3 is 29.7 Å². The maximum Gasteiger partial charge on any atom is 0.410 e. The number of nitrogens with one attached hydrogen (secondary N) is 1. The molecule has 0 aromatic rings. The first kappa shape index (κ1) is 27.0. The van der Waals surface area contributed by atoms with Crippen LogP contribution in [-0.4, -0.2) is 108 Å². The largest absolute Gasteiger partial charge is 0.480 e. The Morgan fingerprint density at radius 2 is 1.35 bits per heavy atom. The summed E-state index contributed by atoms with van der Waals surface area (Å²) < 4.78 is 11.1. The Morgan fingerprint density at radius 1 is 0.871 bits per heavy atom. The van der Waals surface area contributed by atoms with Crippen molar-refractivity contribution in [1.82, 2.24) is 20.0 Å². The summed E-state index contributed by atoms with van der Waals surface area (Å²) in [6, 6.07) is -0.208.